The molecule has 2 aromatic rings. The molecule has 0 saturated heterocycles. The van der Waals surface area contributed by atoms with Crippen molar-refractivity contribution in [1.82, 2.24) is 9.55 Å². The zero-order valence-electron chi connectivity index (χ0n) is 13.7. The molecule has 0 bridgehead atoms. The van der Waals surface area contributed by atoms with Crippen molar-refractivity contribution in [2.24, 2.45) is 0 Å². The number of rotatable bonds is 1. The minimum absolute atomic E-state index is 0.0833. The van der Waals surface area contributed by atoms with Gasteiger partial charge in [0.2, 0.25) is 5.91 Å². The number of nitrogens with zero attached hydrogens (tertiary/aromatic N) is 3. The predicted octanol–water partition coefficient (Wildman–Crippen LogP) is 2.69. The van der Waals surface area contributed by atoms with Crippen molar-refractivity contribution in [2.45, 2.75) is 39.8 Å². The van der Waals surface area contributed by atoms with Gasteiger partial charge in [0.05, 0.1) is 23.6 Å². The third-order valence-corrected chi connectivity index (χ3v) is 3.58. The van der Waals surface area contributed by atoms with E-state index >= 15 is 0 Å². The molecule has 0 unspecified atom stereocenters. The molecular formula is C17H19N3O3. The first-order valence-corrected chi connectivity index (χ1v) is 7.45. The minimum Gasteiger partial charge on any atom is -0.455 e. The summed E-state index contributed by atoms with van der Waals surface area (Å²) >= 11 is 0. The molecule has 1 aromatic carbocycles. The van der Waals surface area contributed by atoms with Gasteiger partial charge in [-0.2, -0.15) is 0 Å². The summed E-state index contributed by atoms with van der Waals surface area (Å²) in [5.41, 5.74) is 1.95. The number of carbonyl (C=O) groups is 2. The first-order chi connectivity index (χ1) is 10.8. The van der Waals surface area contributed by atoms with Crippen LogP contribution in [-0.4, -0.2) is 27.0 Å². The summed E-state index contributed by atoms with van der Waals surface area (Å²) in [7, 11) is 0. The Labute approximate surface area is 134 Å². The van der Waals surface area contributed by atoms with Gasteiger partial charge in [-0.15, -0.1) is 0 Å². The Kier molecular flexibility index (Phi) is 3.47. The van der Waals surface area contributed by atoms with Crippen LogP contribution in [0, 0.1) is 0 Å². The second kappa shape index (κ2) is 5.22. The van der Waals surface area contributed by atoms with E-state index in [2.05, 4.69) is 4.98 Å². The number of imidazole rings is 1. The number of hydrogen-bond donors (Lipinski definition) is 0. The highest BCUT2D eigenvalue weighted by atomic mass is 16.6. The summed E-state index contributed by atoms with van der Waals surface area (Å²) in [6, 6.07) is 7.55. The highest BCUT2D eigenvalue weighted by Gasteiger charge is 2.31. The van der Waals surface area contributed by atoms with Gasteiger partial charge >= 0.3 is 5.97 Å². The van der Waals surface area contributed by atoms with Gasteiger partial charge in [-0.25, -0.2) is 9.78 Å². The van der Waals surface area contributed by atoms with Crippen LogP contribution in [0.25, 0.3) is 5.69 Å². The third kappa shape index (κ3) is 2.72. The van der Waals surface area contributed by atoms with Crippen LogP contribution in [0.15, 0.2) is 30.6 Å². The molecule has 0 radical (unpaired) electrons. The molecule has 0 atom stereocenters. The van der Waals surface area contributed by atoms with Gasteiger partial charge in [0, 0.05) is 6.92 Å². The number of carbonyl (C=O) groups excluding carboxylic acids is 2. The number of esters is 1. The summed E-state index contributed by atoms with van der Waals surface area (Å²) in [4.78, 5) is 30.2. The molecule has 1 amide bonds. The van der Waals surface area contributed by atoms with Crippen LogP contribution in [0.1, 0.15) is 43.9 Å². The van der Waals surface area contributed by atoms with Crippen molar-refractivity contribution in [2.75, 3.05) is 4.90 Å². The molecule has 2 heterocycles. The smallest absolute Gasteiger partial charge is 0.359 e. The third-order valence-electron chi connectivity index (χ3n) is 3.58. The van der Waals surface area contributed by atoms with Crippen molar-refractivity contribution in [3.63, 3.8) is 0 Å². The highest BCUT2D eigenvalue weighted by molar-refractivity contribution is 5.96. The summed E-state index contributed by atoms with van der Waals surface area (Å²) in [6.45, 7) is 7.23. The van der Waals surface area contributed by atoms with E-state index in [0.29, 0.717) is 12.2 Å². The lowest BCUT2D eigenvalue weighted by Crippen LogP contribution is -2.34. The van der Waals surface area contributed by atoms with E-state index in [-0.39, 0.29) is 11.6 Å². The Hall–Kier alpha value is -2.63. The van der Waals surface area contributed by atoms with E-state index < -0.39 is 11.6 Å². The lowest BCUT2D eigenvalue weighted by atomic mass is 10.1. The molecule has 120 valence electrons. The number of benzene rings is 1. The van der Waals surface area contributed by atoms with Crippen molar-refractivity contribution in [3.8, 4) is 5.69 Å². The zero-order chi connectivity index (χ0) is 16.8. The lowest BCUT2D eigenvalue weighted by molar-refractivity contribution is -0.116. The average molecular weight is 313 g/mol. The molecule has 0 aliphatic carbocycles. The summed E-state index contributed by atoms with van der Waals surface area (Å²) < 4.78 is 7.25. The SMILES string of the molecule is CC(=O)N1Cc2c(C(=O)OC(C)(C)C)ncn2-c2ccccc21. The molecule has 0 saturated carbocycles. The Morgan fingerprint density at radius 3 is 2.43 bits per heavy atom. The largest absolute Gasteiger partial charge is 0.455 e. The molecule has 6 nitrogen and oxygen atoms in total. The predicted molar refractivity (Wildman–Crippen MR) is 85.6 cm³/mol. The van der Waals surface area contributed by atoms with Crippen LogP contribution in [-0.2, 0) is 16.1 Å². The van der Waals surface area contributed by atoms with Crippen LogP contribution in [0.4, 0.5) is 5.69 Å². The molecule has 1 aliphatic rings. The minimum atomic E-state index is -0.597. The number of fused-ring (bicyclic) bond motifs is 3. The molecule has 1 aromatic heterocycles. The van der Waals surface area contributed by atoms with Crippen LogP contribution >= 0.6 is 0 Å². The number of amides is 1. The first-order valence-electron chi connectivity index (χ1n) is 7.45. The van der Waals surface area contributed by atoms with E-state index in [1.807, 2.05) is 49.6 Å². The lowest BCUT2D eigenvalue weighted by Gasteiger charge is -2.30. The summed E-state index contributed by atoms with van der Waals surface area (Å²) in [5, 5.41) is 0. The topological polar surface area (TPSA) is 64.4 Å². The Morgan fingerprint density at radius 2 is 1.83 bits per heavy atom. The molecule has 0 spiro atoms. The van der Waals surface area contributed by atoms with Gasteiger partial charge in [-0.05, 0) is 32.9 Å². The van der Waals surface area contributed by atoms with Gasteiger partial charge in [0.1, 0.15) is 11.9 Å². The molecule has 23 heavy (non-hydrogen) atoms. The van der Waals surface area contributed by atoms with Gasteiger partial charge in [0.15, 0.2) is 5.69 Å². The Bertz CT molecular complexity index is 787. The second-order valence-corrected chi connectivity index (χ2v) is 6.51. The number of aromatic nitrogens is 2. The van der Waals surface area contributed by atoms with Crippen molar-refractivity contribution in [1.29, 1.82) is 0 Å². The highest BCUT2D eigenvalue weighted by Crippen LogP contribution is 2.33. The molecule has 1 aliphatic heterocycles. The van der Waals surface area contributed by atoms with Crippen LogP contribution in [0.5, 0.6) is 0 Å². The number of para-hydroxylation sites is 2. The van der Waals surface area contributed by atoms with Gasteiger partial charge in [-0.1, -0.05) is 12.1 Å². The maximum absolute atomic E-state index is 12.4. The van der Waals surface area contributed by atoms with Gasteiger partial charge in [0.25, 0.3) is 0 Å². The van der Waals surface area contributed by atoms with E-state index in [0.717, 1.165) is 11.4 Å². The van der Waals surface area contributed by atoms with Crippen molar-refractivity contribution < 1.29 is 14.3 Å². The summed E-state index contributed by atoms with van der Waals surface area (Å²) in [6.07, 6.45) is 1.60. The quantitative estimate of drug-likeness (QED) is 0.759. The summed E-state index contributed by atoms with van der Waals surface area (Å²) in [5.74, 6) is -0.561. The molecule has 6 heteroatoms. The molecular weight excluding hydrogens is 294 g/mol. The van der Waals surface area contributed by atoms with E-state index in [1.54, 1.807) is 11.2 Å². The van der Waals surface area contributed by atoms with E-state index in [1.165, 1.54) is 6.92 Å². The molecule has 0 fully saturated rings. The maximum Gasteiger partial charge on any atom is 0.359 e. The number of anilines is 1. The molecule has 0 N–H and O–H groups in total. The fourth-order valence-corrected chi connectivity index (χ4v) is 2.64. The zero-order valence-corrected chi connectivity index (χ0v) is 13.7. The van der Waals surface area contributed by atoms with Crippen molar-refractivity contribution in [3.05, 3.63) is 42.0 Å². The standard InChI is InChI=1S/C17H19N3O3/c1-11(21)19-9-14-15(16(22)23-17(2,3)4)18-10-20(14)13-8-6-5-7-12(13)19/h5-8,10H,9H2,1-4H3. The van der Waals surface area contributed by atoms with Crippen molar-refractivity contribution >= 4 is 17.6 Å². The Morgan fingerprint density at radius 1 is 1.17 bits per heavy atom. The maximum atomic E-state index is 12.4. The van der Waals surface area contributed by atoms with Gasteiger partial charge in [-0.3, -0.25) is 9.36 Å². The average Bonchev–Trinajstić information content (AvgIpc) is 2.88. The normalized spacial score (nSPS) is 13.3. The fraction of sp³-hybridized carbons (Fsp3) is 0.353. The fourth-order valence-electron chi connectivity index (χ4n) is 2.64. The van der Waals surface area contributed by atoms with Gasteiger partial charge < -0.3 is 9.64 Å². The Balaban J connectivity index is 2.08. The number of ether oxygens (including phenoxy) is 1. The van der Waals surface area contributed by atoms with Crippen LogP contribution < -0.4 is 4.90 Å². The first kappa shape index (κ1) is 15.3. The van der Waals surface area contributed by atoms with E-state index in [4.69, 9.17) is 4.74 Å². The van der Waals surface area contributed by atoms with Crippen LogP contribution in [0.3, 0.4) is 0 Å². The monoisotopic (exact) mass is 313 g/mol. The number of hydrogen-bond acceptors (Lipinski definition) is 4. The van der Waals surface area contributed by atoms with E-state index in [9.17, 15) is 9.59 Å². The molecule has 3 rings (SSSR count). The van der Waals surface area contributed by atoms with Crippen LogP contribution in [0.2, 0.25) is 0 Å². The second-order valence-electron chi connectivity index (χ2n) is 6.51.